The normalized spacial score (nSPS) is 16.9. The predicted molar refractivity (Wildman–Crippen MR) is 79.7 cm³/mol. The summed E-state index contributed by atoms with van der Waals surface area (Å²) in [5.74, 6) is 0.469. The lowest BCUT2D eigenvalue weighted by Gasteiger charge is -2.30. The molecule has 1 aliphatic heterocycles. The fraction of sp³-hybridized carbons (Fsp3) is 0.500. The van der Waals surface area contributed by atoms with Crippen molar-refractivity contribution in [2.75, 3.05) is 25.0 Å². The van der Waals surface area contributed by atoms with Crippen LogP contribution < -0.4 is 5.32 Å². The molecule has 4 nitrogen and oxygen atoms in total. The van der Waals surface area contributed by atoms with E-state index in [1.165, 1.54) is 0 Å². The maximum atomic E-state index is 12.0. The van der Waals surface area contributed by atoms with Crippen LogP contribution in [-0.2, 0) is 9.59 Å². The summed E-state index contributed by atoms with van der Waals surface area (Å²) in [6, 6.07) is 7.79. The van der Waals surface area contributed by atoms with Crippen molar-refractivity contribution in [3.05, 3.63) is 29.8 Å². The number of carbonyl (C=O) groups excluding carboxylic acids is 2. The molecule has 2 rings (SSSR count). The number of ketones is 1. The number of amides is 1. The van der Waals surface area contributed by atoms with Gasteiger partial charge in [-0.3, -0.25) is 14.5 Å². The Morgan fingerprint density at radius 2 is 2.00 bits per heavy atom. The molecule has 0 aliphatic carbocycles. The molecular weight excluding hydrogens is 252 g/mol. The summed E-state index contributed by atoms with van der Waals surface area (Å²) in [7, 11) is 0. The highest BCUT2D eigenvalue weighted by Gasteiger charge is 2.23. The van der Waals surface area contributed by atoms with Gasteiger partial charge in [0.2, 0.25) is 5.91 Å². The van der Waals surface area contributed by atoms with Gasteiger partial charge in [0.1, 0.15) is 5.78 Å². The van der Waals surface area contributed by atoms with Gasteiger partial charge in [-0.15, -0.1) is 0 Å². The first-order chi connectivity index (χ1) is 9.54. The molecule has 20 heavy (non-hydrogen) atoms. The molecule has 0 bridgehead atoms. The summed E-state index contributed by atoms with van der Waals surface area (Å²) < 4.78 is 0. The highest BCUT2D eigenvalue weighted by atomic mass is 16.2. The van der Waals surface area contributed by atoms with Crippen LogP contribution in [0.2, 0.25) is 0 Å². The molecule has 1 aliphatic rings. The van der Waals surface area contributed by atoms with Crippen LogP contribution in [0.15, 0.2) is 24.3 Å². The van der Waals surface area contributed by atoms with Crippen molar-refractivity contribution in [1.29, 1.82) is 0 Å². The zero-order chi connectivity index (χ0) is 14.5. The van der Waals surface area contributed by atoms with Crippen molar-refractivity contribution < 1.29 is 9.59 Å². The molecule has 0 aromatic heterocycles. The van der Waals surface area contributed by atoms with Crippen LogP contribution in [0.4, 0.5) is 5.69 Å². The average molecular weight is 274 g/mol. The van der Waals surface area contributed by atoms with E-state index in [0.29, 0.717) is 6.54 Å². The number of rotatable bonds is 4. The molecule has 0 spiro atoms. The molecule has 1 aromatic rings. The number of hydrogen-bond donors (Lipinski definition) is 1. The van der Waals surface area contributed by atoms with Gasteiger partial charge < -0.3 is 5.32 Å². The van der Waals surface area contributed by atoms with Crippen molar-refractivity contribution in [3.63, 3.8) is 0 Å². The Kier molecular flexibility index (Phi) is 4.90. The van der Waals surface area contributed by atoms with Gasteiger partial charge in [0.05, 0.1) is 6.54 Å². The molecule has 1 N–H and O–H groups in total. The van der Waals surface area contributed by atoms with E-state index in [-0.39, 0.29) is 17.6 Å². The van der Waals surface area contributed by atoms with E-state index in [2.05, 4.69) is 10.2 Å². The van der Waals surface area contributed by atoms with E-state index in [4.69, 9.17) is 0 Å². The van der Waals surface area contributed by atoms with Gasteiger partial charge >= 0.3 is 0 Å². The number of hydrogen-bond acceptors (Lipinski definition) is 3. The third-order valence-corrected chi connectivity index (χ3v) is 3.83. The molecule has 0 radical (unpaired) electrons. The number of likely N-dealkylation sites (tertiary alicyclic amines) is 1. The number of benzene rings is 1. The van der Waals surface area contributed by atoms with E-state index in [1.54, 1.807) is 6.92 Å². The summed E-state index contributed by atoms with van der Waals surface area (Å²) >= 11 is 0. The summed E-state index contributed by atoms with van der Waals surface area (Å²) in [5, 5.41) is 2.92. The molecule has 0 atom stereocenters. The van der Waals surface area contributed by atoms with Gasteiger partial charge in [0, 0.05) is 11.6 Å². The van der Waals surface area contributed by atoms with E-state index in [9.17, 15) is 9.59 Å². The summed E-state index contributed by atoms with van der Waals surface area (Å²) in [6.07, 6.45) is 1.74. The number of nitrogens with zero attached hydrogens (tertiary/aromatic N) is 1. The lowest BCUT2D eigenvalue weighted by molar-refractivity contribution is -0.122. The molecule has 1 saturated heterocycles. The minimum Gasteiger partial charge on any atom is -0.325 e. The average Bonchev–Trinajstić information content (AvgIpc) is 2.39. The number of Topliss-reactive ketones (excluding diaryl/α,β-unsaturated/α-hetero) is 1. The Hall–Kier alpha value is -1.68. The molecule has 1 amide bonds. The molecule has 4 heteroatoms. The van der Waals surface area contributed by atoms with E-state index in [1.807, 2.05) is 31.2 Å². The van der Waals surface area contributed by atoms with Gasteiger partial charge in [-0.05, 0) is 57.5 Å². The first-order valence-electron chi connectivity index (χ1n) is 7.14. The molecule has 1 heterocycles. The second-order valence-electron chi connectivity index (χ2n) is 5.58. The maximum absolute atomic E-state index is 12.0. The zero-order valence-electron chi connectivity index (χ0n) is 12.2. The first kappa shape index (κ1) is 14.7. The number of nitrogens with one attached hydrogen (secondary N) is 1. The quantitative estimate of drug-likeness (QED) is 0.916. The Morgan fingerprint density at radius 3 is 2.60 bits per heavy atom. The van der Waals surface area contributed by atoms with E-state index in [0.717, 1.165) is 37.2 Å². The number of piperidine rings is 1. The van der Waals surface area contributed by atoms with Crippen LogP contribution >= 0.6 is 0 Å². The van der Waals surface area contributed by atoms with Gasteiger partial charge in [0.25, 0.3) is 0 Å². The maximum Gasteiger partial charge on any atom is 0.238 e. The molecular formula is C16H22N2O2. The van der Waals surface area contributed by atoms with Crippen LogP contribution in [0, 0.1) is 12.8 Å². The summed E-state index contributed by atoms with van der Waals surface area (Å²) in [4.78, 5) is 25.4. The third kappa shape index (κ3) is 4.17. The highest BCUT2D eigenvalue weighted by molar-refractivity contribution is 5.92. The summed E-state index contributed by atoms with van der Waals surface area (Å²) in [6.45, 7) is 5.71. The van der Waals surface area contributed by atoms with Gasteiger partial charge in [-0.2, -0.15) is 0 Å². The van der Waals surface area contributed by atoms with Crippen LogP contribution in [0.3, 0.4) is 0 Å². The zero-order valence-corrected chi connectivity index (χ0v) is 12.2. The highest BCUT2D eigenvalue weighted by Crippen LogP contribution is 2.18. The monoisotopic (exact) mass is 274 g/mol. The number of aryl methyl sites for hydroxylation is 1. The van der Waals surface area contributed by atoms with Gasteiger partial charge in [-0.25, -0.2) is 0 Å². The number of carbonyl (C=O) groups is 2. The minimum atomic E-state index is 0.0110. The Bertz CT molecular complexity index is 491. The SMILES string of the molecule is CC(=O)C1CCN(CC(=O)Nc2cccc(C)c2)CC1. The fourth-order valence-electron chi connectivity index (χ4n) is 2.62. The Labute approximate surface area is 120 Å². The molecule has 0 unspecified atom stereocenters. The van der Waals surface area contributed by atoms with Crippen LogP contribution in [0.25, 0.3) is 0 Å². The van der Waals surface area contributed by atoms with Crippen LogP contribution in [0.5, 0.6) is 0 Å². The van der Waals surface area contributed by atoms with Gasteiger partial charge in [0.15, 0.2) is 0 Å². The van der Waals surface area contributed by atoms with Crippen LogP contribution in [-0.4, -0.2) is 36.2 Å². The largest absolute Gasteiger partial charge is 0.325 e. The fourth-order valence-corrected chi connectivity index (χ4v) is 2.62. The lowest BCUT2D eigenvalue weighted by atomic mass is 9.93. The molecule has 1 aromatic carbocycles. The second-order valence-corrected chi connectivity index (χ2v) is 5.58. The smallest absolute Gasteiger partial charge is 0.238 e. The van der Waals surface area contributed by atoms with Crippen molar-refractivity contribution in [1.82, 2.24) is 4.90 Å². The molecule has 1 fully saturated rings. The van der Waals surface area contributed by atoms with Crippen molar-refractivity contribution >= 4 is 17.4 Å². The van der Waals surface area contributed by atoms with E-state index >= 15 is 0 Å². The molecule has 0 saturated carbocycles. The standard InChI is InChI=1S/C16H22N2O2/c1-12-4-3-5-15(10-12)17-16(20)11-18-8-6-14(7-9-18)13(2)19/h3-5,10,14H,6-9,11H2,1-2H3,(H,17,20). The van der Waals surface area contributed by atoms with Crippen LogP contribution in [0.1, 0.15) is 25.3 Å². The summed E-state index contributed by atoms with van der Waals surface area (Å²) in [5.41, 5.74) is 1.97. The second kappa shape index (κ2) is 6.66. The van der Waals surface area contributed by atoms with Crippen molar-refractivity contribution in [3.8, 4) is 0 Å². The first-order valence-corrected chi connectivity index (χ1v) is 7.14. The Balaban J connectivity index is 1.80. The third-order valence-electron chi connectivity index (χ3n) is 3.83. The molecule has 108 valence electrons. The van der Waals surface area contributed by atoms with Gasteiger partial charge in [-0.1, -0.05) is 12.1 Å². The lowest BCUT2D eigenvalue weighted by Crippen LogP contribution is -2.40. The van der Waals surface area contributed by atoms with E-state index < -0.39 is 0 Å². The minimum absolute atomic E-state index is 0.0110. The van der Waals surface area contributed by atoms with Crippen molar-refractivity contribution in [2.45, 2.75) is 26.7 Å². The van der Waals surface area contributed by atoms with Crippen molar-refractivity contribution in [2.24, 2.45) is 5.92 Å². The predicted octanol–water partition coefficient (Wildman–Crippen LogP) is 2.23. The Morgan fingerprint density at radius 1 is 1.30 bits per heavy atom. The number of anilines is 1. The topological polar surface area (TPSA) is 49.4 Å².